The fourth-order valence-corrected chi connectivity index (χ4v) is 7.68. The predicted octanol–water partition coefficient (Wildman–Crippen LogP) is 4.84. The van der Waals surface area contributed by atoms with Crippen molar-refractivity contribution in [1.82, 2.24) is 20.7 Å². The van der Waals surface area contributed by atoms with Crippen LogP contribution >= 0.6 is 0 Å². The lowest BCUT2D eigenvalue weighted by Crippen LogP contribution is -2.81. The van der Waals surface area contributed by atoms with Crippen LogP contribution in [0, 0.1) is 18.8 Å². The standard InChI is InChI=1S/C33H46F2N4O4/c1-22-18-27(20-40)28(30(42)36-22)19-31(43-38-29(41)26-10-6-4-7-11-26)21-33(24(31)3,39-16-8-5-9-17-39)37-23(2)25-12-14-32(34,35)15-13-25/h4,6-7,10-11,18,23-25,37,40H,5,8-9,12-17,19-21H2,1-3H3,(H,36,42)(H,38,41). The number of aryl methyl sites for hydroxylation is 1. The molecule has 43 heavy (non-hydrogen) atoms. The molecule has 0 radical (unpaired) electrons. The Bertz CT molecular complexity index is 1320. The first-order chi connectivity index (χ1) is 20.5. The second-order valence-corrected chi connectivity index (χ2v) is 13.1. The van der Waals surface area contributed by atoms with E-state index in [-0.39, 0.29) is 55.2 Å². The Labute approximate surface area is 252 Å². The third kappa shape index (κ3) is 6.57. The maximum absolute atomic E-state index is 14.0. The molecule has 1 aromatic heterocycles. The second-order valence-electron chi connectivity index (χ2n) is 13.1. The first kappa shape index (κ1) is 31.8. The molecule has 3 fully saturated rings. The van der Waals surface area contributed by atoms with Crippen LogP contribution in [0.3, 0.4) is 0 Å². The molecule has 3 aliphatic rings. The molecule has 4 unspecified atom stereocenters. The number of halogens is 2. The molecule has 1 aromatic carbocycles. The summed E-state index contributed by atoms with van der Waals surface area (Å²) in [5.74, 6) is -3.04. The van der Waals surface area contributed by atoms with E-state index in [0.29, 0.717) is 41.6 Å². The van der Waals surface area contributed by atoms with Crippen LogP contribution in [0.25, 0.3) is 0 Å². The van der Waals surface area contributed by atoms with Gasteiger partial charge in [0.15, 0.2) is 0 Å². The number of carbonyl (C=O) groups is 1. The topological polar surface area (TPSA) is 107 Å². The molecule has 1 aliphatic heterocycles. The van der Waals surface area contributed by atoms with Gasteiger partial charge in [0, 0.05) is 54.5 Å². The van der Waals surface area contributed by atoms with Gasteiger partial charge in [-0.25, -0.2) is 14.3 Å². The normalized spacial score (nSPS) is 28.7. The van der Waals surface area contributed by atoms with Gasteiger partial charge < -0.3 is 10.1 Å². The van der Waals surface area contributed by atoms with Crippen molar-refractivity contribution in [2.24, 2.45) is 11.8 Å². The number of nitrogens with zero attached hydrogens (tertiary/aromatic N) is 1. The first-order valence-corrected chi connectivity index (χ1v) is 15.8. The summed E-state index contributed by atoms with van der Waals surface area (Å²) >= 11 is 0. The Hall–Kier alpha value is -2.66. The summed E-state index contributed by atoms with van der Waals surface area (Å²) in [7, 11) is 0. The van der Waals surface area contributed by atoms with Crippen LogP contribution in [0.15, 0.2) is 41.2 Å². The first-order valence-electron chi connectivity index (χ1n) is 15.8. The number of hydrogen-bond acceptors (Lipinski definition) is 6. The van der Waals surface area contributed by atoms with Crippen molar-refractivity contribution in [3.8, 4) is 0 Å². The number of benzene rings is 1. The fraction of sp³-hybridized carbons (Fsp3) is 0.636. The average Bonchev–Trinajstić information content (AvgIpc) is 3.00. The summed E-state index contributed by atoms with van der Waals surface area (Å²) in [6.07, 6.45) is 4.71. The minimum absolute atomic E-state index is 0.00633. The Morgan fingerprint density at radius 3 is 2.47 bits per heavy atom. The smallest absolute Gasteiger partial charge is 0.274 e. The van der Waals surface area contributed by atoms with E-state index in [1.54, 1.807) is 37.3 Å². The number of aliphatic hydroxyl groups excluding tert-OH is 1. The van der Waals surface area contributed by atoms with Gasteiger partial charge in [0.05, 0.1) is 12.3 Å². The van der Waals surface area contributed by atoms with E-state index in [1.165, 1.54) is 0 Å². The van der Waals surface area contributed by atoms with E-state index in [1.807, 2.05) is 6.07 Å². The molecule has 0 bridgehead atoms. The van der Waals surface area contributed by atoms with E-state index in [2.05, 4.69) is 34.5 Å². The SMILES string of the molecule is Cc1cc(CO)c(CC2(ONC(=O)c3ccccc3)CC(NC(C)C3CCC(F)(F)CC3)(N3CCCCC3)C2C)c(=O)[nH]1. The van der Waals surface area contributed by atoms with Crippen LogP contribution in [0.1, 0.15) is 92.4 Å². The minimum atomic E-state index is -2.59. The molecule has 2 saturated carbocycles. The lowest BCUT2D eigenvalue weighted by molar-refractivity contribution is -0.261. The molecule has 1 amide bonds. The summed E-state index contributed by atoms with van der Waals surface area (Å²) < 4.78 is 28.0. The number of hydroxylamine groups is 1. The number of hydrogen-bond donors (Lipinski definition) is 4. The summed E-state index contributed by atoms with van der Waals surface area (Å²) in [4.78, 5) is 38.0. The number of aromatic amines is 1. The second kappa shape index (κ2) is 12.8. The quantitative estimate of drug-likeness (QED) is 0.291. The molecular formula is C33H46F2N4O4. The number of pyridine rings is 1. The molecule has 236 valence electrons. The summed E-state index contributed by atoms with van der Waals surface area (Å²) in [6, 6.07) is 10.6. The Morgan fingerprint density at radius 2 is 1.84 bits per heavy atom. The molecule has 1 saturated heterocycles. The van der Waals surface area contributed by atoms with Gasteiger partial charge in [0.25, 0.3) is 11.5 Å². The lowest BCUT2D eigenvalue weighted by Gasteiger charge is -2.66. The van der Waals surface area contributed by atoms with Crippen molar-refractivity contribution < 1.29 is 23.5 Å². The van der Waals surface area contributed by atoms with Crippen molar-refractivity contribution in [3.05, 3.63) is 69.1 Å². The predicted molar refractivity (Wildman–Crippen MR) is 161 cm³/mol. The molecule has 4 atom stereocenters. The third-order valence-electron chi connectivity index (χ3n) is 10.3. The van der Waals surface area contributed by atoms with Gasteiger partial charge in [-0.15, -0.1) is 0 Å². The number of aromatic nitrogens is 1. The maximum atomic E-state index is 14.0. The Balaban J connectivity index is 1.46. The van der Waals surface area contributed by atoms with Crippen LogP contribution in [0.4, 0.5) is 8.78 Å². The number of H-pyrrole nitrogens is 1. The van der Waals surface area contributed by atoms with E-state index < -0.39 is 17.2 Å². The van der Waals surface area contributed by atoms with Crippen LogP contribution in [-0.2, 0) is 17.9 Å². The molecule has 0 spiro atoms. The molecule has 4 N–H and O–H groups in total. The minimum Gasteiger partial charge on any atom is -0.392 e. The molecule has 2 aliphatic carbocycles. The number of carbonyl (C=O) groups excluding carboxylic acids is 1. The third-order valence-corrected chi connectivity index (χ3v) is 10.3. The summed E-state index contributed by atoms with van der Waals surface area (Å²) in [5, 5.41) is 14.1. The highest BCUT2D eigenvalue weighted by atomic mass is 19.3. The highest BCUT2D eigenvalue weighted by Gasteiger charge is 2.66. The molecule has 10 heteroatoms. The zero-order chi connectivity index (χ0) is 30.8. The van der Waals surface area contributed by atoms with Crippen molar-refractivity contribution in [2.75, 3.05) is 13.1 Å². The molecule has 2 heterocycles. The van der Waals surface area contributed by atoms with Crippen LogP contribution in [-0.4, -0.2) is 57.2 Å². The summed E-state index contributed by atoms with van der Waals surface area (Å²) in [5.41, 5.74) is 3.01. The van der Waals surface area contributed by atoms with E-state index >= 15 is 0 Å². The maximum Gasteiger partial charge on any atom is 0.274 e. The summed E-state index contributed by atoms with van der Waals surface area (Å²) in [6.45, 7) is 7.45. The van der Waals surface area contributed by atoms with Crippen molar-refractivity contribution in [2.45, 2.75) is 108 Å². The highest BCUT2D eigenvalue weighted by Crippen LogP contribution is 2.54. The van der Waals surface area contributed by atoms with Crippen LogP contribution in [0.5, 0.6) is 0 Å². The molecule has 2 aromatic rings. The largest absolute Gasteiger partial charge is 0.392 e. The molecule has 5 rings (SSSR count). The number of alkyl halides is 2. The monoisotopic (exact) mass is 600 g/mol. The Kier molecular flexibility index (Phi) is 9.42. The van der Waals surface area contributed by atoms with Gasteiger partial charge in [-0.3, -0.25) is 24.6 Å². The zero-order valence-corrected chi connectivity index (χ0v) is 25.6. The van der Waals surface area contributed by atoms with Crippen LogP contribution in [0.2, 0.25) is 0 Å². The number of likely N-dealkylation sites (tertiary alicyclic amines) is 1. The van der Waals surface area contributed by atoms with E-state index in [0.717, 1.165) is 32.4 Å². The van der Waals surface area contributed by atoms with Gasteiger partial charge >= 0.3 is 0 Å². The molecule has 8 nitrogen and oxygen atoms in total. The Morgan fingerprint density at radius 1 is 1.16 bits per heavy atom. The van der Waals surface area contributed by atoms with E-state index in [4.69, 9.17) is 4.84 Å². The molecular weight excluding hydrogens is 554 g/mol. The average molecular weight is 601 g/mol. The number of aliphatic hydroxyl groups is 1. The van der Waals surface area contributed by atoms with E-state index in [9.17, 15) is 23.5 Å². The van der Waals surface area contributed by atoms with Crippen molar-refractivity contribution >= 4 is 5.91 Å². The highest BCUT2D eigenvalue weighted by molar-refractivity contribution is 5.93. The zero-order valence-electron chi connectivity index (χ0n) is 25.6. The number of piperidine rings is 1. The van der Waals surface area contributed by atoms with Crippen molar-refractivity contribution in [1.29, 1.82) is 0 Å². The fourth-order valence-electron chi connectivity index (χ4n) is 7.68. The number of amides is 1. The van der Waals surface area contributed by atoms with Gasteiger partial charge in [-0.2, -0.15) is 0 Å². The van der Waals surface area contributed by atoms with Crippen LogP contribution < -0.4 is 16.4 Å². The number of nitrogens with one attached hydrogen (secondary N) is 3. The van der Waals surface area contributed by atoms with Gasteiger partial charge in [0.2, 0.25) is 5.92 Å². The van der Waals surface area contributed by atoms with Gasteiger partial charge in [0.1, 0.15) is 5.60 Å². The van der Waals surface area contributed by atoms with Crippen molar-refractivity contribution in [3.63, 3.8) is 0 Å². The number of rotatable bonds is 10. The van der Waals surface area contributed by atoms with Gasteiger partial charge in [-0.05, 0) is 82.3 Å². The van der Waals surface area contributed by atoms with Gasteiger partial charge in [-0.1, -0.05) is 31.5 Å². The lowest BCUT2D eigenvalue weighted by atomic mass is 9.57.